The van der Waals surface area contributed by atoms with Crippen molar-refractivity contribution < 1.29 is 24.4 Å². The first-order chi connectivity index (χ1) is 9.88. The minimum Gasteiger partial charge on any atom is -0.478 e. The first kappa shape index (κ1) is 16.4. The molecule has 0 aliphatic rings. The largest absolute Gasteiger partial charge is 0.478 e. The van der Waals surface area contributed by atoms with Crippen LogP contribution in [0.25, 0.3) is 0 Å². The van der Waals surface area contributed by atoms with Crippen molar-refractivity contribution in [1.29, 1.82) is 0 Å². The van der Waals surface area contributed by atoms with Crippen molar-refractivity contribution >= 4 is 11.9 Å². The van der Waals surface area contributed by atoms with Gasteiger partial charge in [0.05, 0.1) is 24.7 Å². The number of aryl methyl sites for hydroxylation is 2. The lowest BCUT2D eigenvalue weighted by Gasteiger charge is -1.98. The van der Waals surface area contributed by atoms with Crippen LogP contribution < -0.4 is 4.57 Å². The average Bonchev–Trinajstić information content (AvgIpc) is 2.79. The fourth-order valence-corrected chi connectivity index (χ4v) is 1.79. The molecule has 21 heavy (non-hydrogen) atoms. The third-order valence-electron chi connectivity index (χ3n) is 3.12. The molecule has 0 unspecified atom stereocenters. The van der Waals surface area contributed by atoms with E-state index >= 15 is 0 Å². The number of benzene rings is 1. The minimum atomic E-state index is -1.23. The summed E-state index contributed by atoms with van der Waals surface area (Å²) in [6.07, 6.45) is 4.16. The number of carboxylic acid groups (broad SMARTS) is 2. The van der Waals surface area contributed by atoms with Gasteiger partial charge in [0.15, 0.2) is 0 Å². The third-order valence-corrected chi connectivity index (χ3v) is 3.12. The van der Waals surface area contributed by atoms with Crippen molar-refractivity contribution in [3.63, 3.8) is 0 Å². The third kappa shape index (κ3) is 4.17. The first-order valence-electron chi connectivity index (χ1n) is 6.45. The van der Waals surface area contributed by atoms with Gasteiger partial charge >= 0.3 is 11.9 Å². The van der Waals surface area contributed by atoms with Crippen molar-refractivity contribution in [1.82, 2.24) is 4.57 Å². The summed E-state index contributed by atoms with van der Waals surface area (Å²) in [4.78, 5) is 20.9. The number of aromatic carboxylic acids is 2. The van der Waals surface area contributed by atoms with Crippen LogP contribution in [0.4, 0.5) is 0 Å². The molecule has 2 N–H and O–H groups in total. The zero-order valence-corrected chi connectivity index (χ0v) is 12.3. The molecule has 0 amide bonds. The molecule has 0 radical (unpaired) electrons. The highest BCUT2D eigenvalue weighted by Gasteiger charge is 2.13. The number of nitrogens with zero attached hydrogens (tertiary/aromatic N) is 2. The smallest absolute Gasteiger partial charge is 0.336 e. The summed E-state index contributed by atoms with van der Waals surface area (Å²) in [6.45, 7) is 5.32. The Morgan fingerprint density at radius 3 is 1.86 bits per heavy atom. The van der Waals surface area contributed by atoms with E-state index < -0.39 is 11.9 Å². The predicted molar refractivity (Wildman–Crippen MR) is 76.4 cm³/mol. The predicted octanol–water partition coefficient (Wildman–Crippen LogP) is 1.72. The Morgan fingerprint density at radius 2 is 1.62 bits per heavy atom. The van der Waals surface area contributed by atoms with Crippen LogP contribution in [-0.2, 0) is 13.6 Å². The van der Waals surface area contributed by atoms with Gasteiger partial charge in [-0.25, -0.2) is 18.7 Å². The van der Waals surface area contributed by atoms with E-state index in [-0.39, 0.29) is 11.1 Å². The Hall–Kier alpha value is -2.63. The number of hydrogen-bond acceptors (Lipinski definition) is 2. The highest BCUT2D eigenvalue weighted by Crippen LogP contribution is 2.07. The Morgan fingerprint density at radius 1 is 1.14 bits per heavy atom. The summed E-state index contributed by atoms with van der Waals surface area (Å²) in [5.74, 6) is -1.15. The lowest BCUT2D eigenvalue weighted by atomic mass is 10.1. The Labute approximate surface area is 122 Å². The lowest BCUT2D eigenvalue weighted by molar-refractivity contribution is -0.677. The second-order valence-electron chi connectivity index (χ2n) is 4.40. The molecule has 0 saturated carbocycles. The van der Waals surface area contributed by atoms with Gasteiger partial charge in [-0.15, -0.1) is 0 Å². The van der Waals surface area contributed by atoms with Crippen molar-refractivity contribution in [2.45, 2.75) is 20.4 Å². The quantitative estimate of drug-likeness (QED) is 0.843. The Kier molecular flexibility index (Phi) is 5.66. The van der Waals surface area contributed by atoms with Crippen LogP contribution in [0.15, 0.2) is 36.7 Å². The van der Waals surface area contributed by atoms with Crippen molar-refractivity contribution in [2.75, 3.05) is 0 Å². The van der Waals surface area contributed by atoms with Gasteiger partial charge in [0.1, 0.15) is 12.4 Å². The van der Waals surface area contributed by atoms with E-state index in [1.165, 1.54) is 30.1 Å². The van der Waals surface area contributed by atoms with Gasteiger partial charge in [0, 0.05) is 6.92 Å². The van der Waals surface area contributed by atoms with Crippen LogP contribution in [0.3, 0.4) is 0 Å². The summed E-state index contributed by atoms with van der Waals surface area (Å²) in [5, 5.41) is 17.1. The molecule has 0 atom stereocenters. The molecule has 112 valence electrons. The summed E-state index contributed by atoms with van der Waals surface area (Å²) >= 11 is 0. The fraction of sp³-hybridized carbons (Fsp3) is 0.267. The van der Waals surface area contributed by atoms with Crippen LogP contribution in [0, 0.1) is 6.92 Å². The molecule has 0 aliphatic heterocycles. The van der Waals surface area contributed by atoms with E-state index in [0.29, 0.717) is 0 Å². The van der Waals surface area contributed by atoms with E-state index in [1.54, 1.807) is 0 Å². The van der Waals surface area contributed by atoms with Crippen LogP contribution in [0.5, 0.6) is 0 Å². The molecule has 1 aromatic heterocycles. The van der Waals surface area contributed by atoms with Crippen LogP contribution in [-0.4, -0.2) is 26.7 Å². The maximum absolute atomic E-state index is 10.5. The molecule has 0 spiro atoms. The van der Waals surface area contributed by atoms with Gasteiger partial charge in [-0.3, -0.25) is 0 Å². The number of aromatic nitrogens is 2. The number of carboxylic acids is 2. The molecule has 0 saturated heterocycles. The minimum absolute atomic E-state index is 0.190. The van der Waals surface area contributed by atoms with Gasteiger partial charge in [-0.2, -0.15) is 0 Å². The number of hydrogen-bond donors (Lipinski definition) is 2. The van der Waals surface area contributed by atoms with Gasteiger partial charge in [0.25, 0.3) is 5.82 Å². The molecule has 6 nitrogen and oxygen atoms in total. The van der Waals surface area contributed by atoms with E-state index in [0.717, 1.165) is 6.54 Å². The van der Waals surface area contributed by atoms with Crippen LogP contribution in [0.2, 0.25) is 0 Å². The monoisotopic (exact) mass is 291 g/mol. The van der Waals surface area contributed by atoms with E-state index in [1.807, 2.05) is 0 Å². The second-order valence-corrected chi connectivity index (χ2v) is 4.40. The summed E-state index contributed by atoms with van der Waals surface area (Å²) in [6, 6.07) is 5.48. The van der Waals surface area contributed by atoms with Gasteiger partial charge in [0.2, 0.25) is 0 Å². The number of rotatable bonds is 3. The summed E-state index contributed by atoms with van der Waals surface area (Å²) < 4.78 is 4.32. The molecule has 1 aromatic carbocycles. The maximum Gasteiger partial charge on any atom is 0.336 e. The molecule has 0 bridgehead atoms. The molecule has 0 fully saturated rings. The van der Waals surface area contributed by atoms with Gasteiger partial charge < -0.3 is 10.2 Å². The summed E-state index contributed by atoms with van der Waals surface area (Å²) in [5.41, 5.74) is -0.380. The molecular weight excluding hydrogens is 272 g/mol. The normalized spacial score (nSPS) is 9.67. The molecule has 0 aliphatic carbocycles. The first-order valence-corrected chi connectivity index (χ1v) is 6.45. The number of imidazole rings is 1. The van der Waals surface area contributed by atoms with E-state index in [9.17, 15) is 9.59 Å². The Balaban J connectivity index is 0.000000219. The number of carbonyl (C=O) groups is 2. The standard InChI is InChI=1S/C8H6O4.C7H13N2/c9-7(10)5-3-1-2-4-6(5)8(11)12;1-4-9-6-5-8(3)7(9)2/h1-4H,(H,9,10)(H,11,12);5-6H,4H2,1-3H3/q;+1. The maximum atomic E-state index is 10.5. The van der Waals surface area contributed by atoms with E-state index in [2.05, 4.69) is 42.4 Å². The summed E-state index contributed by atoms with van der Waals surface area (Å²) in [7, 11) is 2.06. The molecular formula is C15H19N2O4+. The van der Waals surface area contributed by atoms with Crippen LogP contribution in [0.1, 0.15) is 33.5 Å². The SMILES string of the molecule is CCn1cc[n+](C)c1C.O=C(O)c1ccccc1C(=O)O. The van der Waals surface area contributed by atoms with Gasteiger partial charge in [-0.1, -0.05) is 12.1 Å². The van der Waals surface area contributed by atoms with Crippen molar-refractivity contribution in [3.05, 3.63) is 53.6 Å². The molecule has 6 heteroatoms. The molecule has 1 heterocycles. The topological polar surface area (TPSA) is 83.4 Å². The second kappa shape index (κ2) is 7.23. The molecule has 2 rings (SSSR count). The fourth-order valence-electron chi connectivity index (χ4n) is 1.79. The lowest BCUT2D eigenvalue weighted by Crippen LogP contribution is -2.29. The van der Waals surface area contributed by atoms with Crippen molar-refractivity contribution in [2.24, 2.45) is 7.05 Å². The average molecular weight is 291 g/mol. The van der Waals surface area contributed by atoms with Crippen LogP contribution >= 0.6 is 0 Å². The van der Waals surface area contributed by atoms with E-state index in [4.69, 9.17) is 10.2 Å². The highest BCUT2D eigenvalue weighted by molar-refractivity contribution is 6.01. The highest BCUT2D eigenvalue weighted by atomic mass is 16.4. The zero-order chi connectivity index (χ0) is 16.0. The Bertz CT molecular complexity index is 614. The van der Waals surface area contributed by atoms with Gasteiger partial charge in [-0.05, 0) is 19.1 Å². The molecule has 2 aromatic rings. The zero-order valence-electron chi connectivity index (χ0n) is 12.3. The van der Waals surface area contributed by atoms with Crippen molar-refractivity contribution in [3.8, 4) is 0 Å².